The standard InChI is InChI=1S/C24H26N2O3/c1-16-7-5-6-8-22(16)26-24(27)17(2)25-19-11-14-23(29-4)21(15-19)18-9-12-20(28-3)13-10-18/h5-15,17,25H,1-4H3,(H,26,27)/t17-/m1/s1. The molecule has 0 saturated carbocycles. The van der Waals surface area contributed by atoms with Crippen LogP contribution in [-0.2, 0) is 4.79 Å². The monoisotopic (exact) mass is 390 g/mol. The van der Waals surface area contributed by atoms with Crippen molar-refractivity contribution in [2.24, 2.45) is 0 Å². The second kappa shape index (κ2) is 9.15. The van der Waals surface area contributed by atoms with Gasteiger partial charge in [0.1, 0.15) is 17.5 Å². The highest BCUT2D eigenvalue weighted by atomic mass is 16.5. The third-order valence-electron chi connectivity index (χ3n) is 4.78. The SMILES string of the molecule is COc1ccc(-c2cc(N[C@H](C)C(=O)Nc3ccccc3C)ccc2OC)cc1. The Labute approximate surface area is 171 Å². The van der Waals surface area contributed by atoms with Gasteiger partial charge in [-0.25, -0.2) is 0 Å². The molecule has 150 valence electrons. The molecule has 1 atom stereocenters. The summed E-state index contributed by atoms with van der Waals surface area (Å²) in [5.74, 6) is 1.46. The third kappa shape index (κ3) is 4.88. The minimum Gasteiger partial charge on any atom is -0.497 e. The minimum absolute atomic E-state index is 0.0962. The molecule has 5 heteroatoms. The first-order chi connectivity index (χ1) is 14.0. The van der Waals surface area contributed by atoms with Crippen LogP contribution >= 0.6 is 0 Å². The van der Waals surface area contributed by atoms with E-state index in [2.05, 4.69) is 10.6 Å². The maximum atomic E-state index is 12.6. The van der Waals surface area contributed by atoms with E-state index < -0.39 is 6.04 Å². The molecule has 0 fully saturated rings. The summed E-state index contributed by atoms with van der Waals surface area (Å²) in [6, 6.07) is 20.9. The Balaban J connectivity index is 1.78. The number of nitrogens with one attached hydrogen (secondary N) is 2. The van der Waals surface area contributed by atoms with Gasteiger partial charge in [-0.15, -0.1) is 0 Å². The Hall–Kier alpha value is -3.47. The molecule has 0 saturated heterocycles. The molecule has 3 aromatic rings. The van der Waals surface area contributed by atoms with Crippen LogP contribution in [0.1, 0.15) is 12.5 Å². The highest BCUT2D eigenvalue weighted by molar-refractivity contribution is 5.97. The molecule has 5 nitrogen and oxygen atoms in total. The van der Waals surface area contributed by atoms with E-state index in [1.165, 1.54) is 0 Å². The number of aryl methyl sites for hydroxylation is 1. The van der Waals surface area contributed by atoms with E-state index in [0.29, 0.717) is 0 Å². The molecule has 0 spiro atoms. The largest absolute Gasteiger partial charge is 0.497 e. The summed E-state index contributed by atoms with van der Waals surface area (Å²) in [6.45, 7) is 3.81. The van der Waals surface area contributed by atoms with Gasteiger partial charge in [0.2, 0.25) is 5.91 Å². The number of carbonyl (C=O) groups excluding carboxylic acids is 1. The maximum Gasteiger partial charge on any atom is 0.246 e. The van der Waals surface area contributed by atoms with Gasteiger partial charge in [-0.05, 0) is 61.4 Å². The highest BCUT2D eigenvalue weighted by Crippen LogP contribution is 2.33. The van der Waals surface area contributed by atoms with Crippen molar-refractivity contribution in [2.75, 3.05) is 24.9 Å². The zero-order valence-electron chi connectivity index (χ0n) is 17.2. The van der Waals surface area contributed by atoms with Crippen LogP contribution in [0.15, 0.2) is 66.7 Å². The number of ether oxygens (including phenoxy) is 2. The van der Waals surface area contributed by atoms with Gasteiger partial charge in [0, 0.05) is 16.9 Å². The first-order valence-corrected chi connectivity index (χ1v) is 9.47. The van der Waals surface area contributed by atoms with Crippen molar-refractivity contribution in [3.05, 3.63) is 72.3 Å². The Kier molecular flexibility index (Phi) is 6.39. The number of rotatable bonds is 7. The molecule has 0 bridgehead atoms. The second-order valence-corrected chi connectivity index (χ2v) is 6.81. The summed E-state index contributed by atoms with van der Waals surface area (Å²) in [7, 11) is 3.29. The Bertz CT molecular complexity index is 984. The van der Waals surface area contributed by atoms with Crippen LogP contribution in [0.4, 0.5) is 11.4 Å². The smallest absolute Gasteiger partial charge is 0.246 e. The van der Waals surface area contributed by atoms with Crippen LogP contribution in [-0.4, -0.2) is 26.2 Å². The lowest BCUT2D eigenvalue weighted by molar-refractivity contribution is -0.116. The lowest BCUT2D eigenvalue weighted by Crippen LogP contribution is -2.32. The van der Waals surface area contributed by atoms with Gasteiger partial charge >= 0.3 is 0 Å². The molecule has 3 aromatic carbocycles. The molecule has 0 unspecified atom stereocenters. The molecule has 1 amide bonds. The number of benzene rings is 3. The van der Waals surface area contributed by atoms with Gasteiger partial charge in [0.15, 0.2) is 0 Å². The Morgan fingerprint density at radius 1 is 0.931 bits per heavy atom. The van der Waals surface area contributed by atoms with Gasteiger partial charge in [0.05, 0.1) is 14.2 Å². The number of hydrogen-bond donors (Lipinski definition) is 2. The molecule has 0 radical (unpaired) electrons. The fourth-order valence-electron chi connectivity index (χ4n) is 3.06. The predicted octanol–water partition coefficient (Wildman–Crippen LogP) is 5.12. The molecular formula is C24H26N2O3. The van der Waals surface area contributed by atoms with Gasteiger partial charge in [-0.1, -0.05) is 30.3 Å². The van der Waals surface area contributed by atoms with Gasteiger partial charge in [0.25, 0.3) is 0 Å². The lowest BCUT2D eigenvalue weighted by atomic mass is 10.0. The molecule has 0 aliphatic heterocycles. The first-order valence-electron chi connectivity index (χ1n) is 9.47. The van der Waals surface area contributed by atoms with E-state index in [1.807, 2.05) is 80.6 Å². The van der Waals surface area contributed by atoms with E-state index in [1.54, 1.807) is 14.2 Å². The van der Waals surface area contributed by atoms with Crippen molar-refractivity contribution < 1.29 is 14.3 Å². The molecule has 2 N–H and O–H groups in total. The number of carbonyl (C=O) groups is 1. The summed E-state index contributed by atoms with van der Waals surface area (Å²) in [6.07, 6.45) is 0. The number of para-hydroxylation sites is 1. The molecule has 0 aromatic heterocycles. The van der Waals surface area contributed by atoms with Crippen molar-refractivity contribution in [1.82, 2.24) is 0 Å². The normalized spacial score (nSPS) is 11.4. The van der Waals surface area contributed by atoms with Crippen LogP contribution in [0.3, 0.4) is 0 Å². The fraction of sp³-hybridized carbons (Fsp3) is 0.208. The number of hydrogen-bond acceptors (Lipinski definition) is 4. The zero-order chi connectivity index (χ0) is 20.8. The second-order valence-electron chi connectivity index (χ2n) is 6.81. The van der Waals surface area contributed by atoms with Crippen molar-refractivity contribution in [2.45, 2.75) is 19.9 Å². The quantitative estimate of drug-likeness (QED) is 0.588. The molecule has 0 aliphatic rings. The number of methoxy groups -OCH3 is 2. The molecule has 29 heavy (non-hydrogen) atoms. The highest BCUT2D eigenvalue weighted by Gasteiger charge is 2.15. The van der Waals surface area contributed by atoms with Crippen molar-refractivity contribution in [1.29, 1.82) is 0 Å². The third-order valence-corrected chi connectivity index (χ3v) is 4.78. The summed E-state index contributed by atoms with van der Waals surface area (Å²) < 4.78 is 10.8. The summed E-state index contributed by atoms with van der Waals surface area (Å²) in [4.78, 5) is 12.6. The maximum absolute atomic E-state index is 12.6. The topological polar surface area (TPSA) is 59.6 Å². The van der Waals surface area contributed by atoms with Crippen molar-refractivity contribution in [3.63, 3.8) is 0 Å². The molecular weight excluding hydrogens is 364 g/mol. The Morgan fingerprint density at radius 2 is 1.66 bits per heavy atom. The van der Waals surface area contributed by atoms with E-state index in [-0.39, 0.29) is 5.91 Å². The van der Waals surface area contributed by atoms with Gasteiger partial charge in [-0.3, -0.25) is 4.79 Å². The van der Waals surface area contributed by atoms with E-state index in [0.717, 1.165) is 39.6 Å². The van der Waals surface area contributed by atoms with Crippen LogP contribution in [0.5, 0.6) is 11.5 Å². The molecule has 0 heterocycles. The lowest BCUT2D eigenvalue weighted by Gasteiger charge is -2.18. The van der Waals surface area contributed by atoms with E-state index in [4.69, 9.17) is 9.47 Å². The average molecular weight is 390 g/mol. The van der Waals surface area contributed by atoms with Crippen LogP contribution in [0, 0.1) is 6.92 Å². The summed E-state index contributed by atoms with van der Waals surface area (Å²) >= 11 is 0. The van der Waals surface area contributed by atoms with Gasteiger partial charge < -0.3 is 20.1 Å². The zero-order valence-corrected chi connectivity index (χ0v) is 17.2. The summed E-state index contributed by atoms with van der Waals surface area (Å²) in [5.41, 5.74) is 4.62. The minimum atomic E-state index is -0.410. The molecule has 3 rings (SSSR count). The van der Waals surface area contributed by atoms with Crippen molar-refractivity contribution in [3.8, 4) is 22.6 Å². The van der Waals surface area contributed by atoms with Crippen LogP contribution in [0.2, 0.25) is 0 Å². The van der Waals surface area contributed by atoms with Crippen LogP contribution in [0.25, 0.3) is 11.1 Å². The number of amides is 1. The molecule has 0 aliphatic carbocycles. The summed E-state index contributed by atoms with van der Waals surface area (Å²) in [5, 5.41) is 6.24. The van der Waals surface area contributed by atoms with Gasteiger partial charge in [-0.2, -0.15) is 0 Å². The van der Waals surface area contributed by atoms with E-state index in [9.17, 15) is 4.79 Å². The van der Waals surface area contributed by atoms with Crippen LogP contribution < -0.4 is 20.1 Å². The van der Waals surface area contributed by atoms with Crippen molar-refractivity contribution >= 4 is 17.3 Å². The predicted molar refractivity (Wildman–Crippen MR) is 118 cm³/mol. The number of anilines is 2. The van der Waals surface area contributed by atoms with E-state index >= 15 is 0 Å². The first kappa shape index (κ1) is 20.3. The average Bonchev–Trinajstić information content (AvgIpc) is 2.75. The fourth-order valence-corrected chi connectivity index (χ4v) is 3.06. The Morgan fingerprint density at radius 3 is 2.31 bits per heavy atom.